The van der Waals surface area contributed by atoms with Crippen LogP contribution in [0.2, 0.25) is 5.02 Å². The molecule has 2 rings (SSSR count). The standard InChI is InChI=1S/C11H13ClO3/c1-11(2,13)9-7(12)3-4-8-10(9)15-6-5-14-8/h3-4,13H,5-6H2,1-2H3. The van der Waals surface area contributed by atoms with Gasteiger partial charge in [0.05, 0.1) is 10.6 Å². The molecule has 0 saturated heterocycles. The van der Waals surface area contributed by atoms with Crippen LogP contribution in [0.15, 0.2) is 12.1 Å². The third kappa shape index (κ3) is 1.90. The van der Waals surface area contributed by atoms with Crippen LogP contribution in [0.1, 0.15) is 19.4 Å². The normalized spacial score (nSPS) is 15.2. The summed E-state index contributed by atoms with van der Waals surface area (Å²) in [4.78, 5) is 0. The lowest BCUT2D eigenvalue weighted by Gasteiger charge is -2.27. The molecule has 0 radical (unpaired) electrons. The number of fused-ring (bicyclic) bond motifs is 1. The Balaban J connectivity index is 2.60. The van der Waals surface area contributed by atoms with Crippen molar-refractivity contribution < 1.29 is 14.6 Å². The minimum Gasteiger partial charge on any atom is -0.486 e. The molecule has 1 heterocycles. The van der Waals surface area contributed by atoms with Crippen molar-refractivity contribution in [3.63, 3.8) is 0 Å². The van der Waals surface area contributed by atoms with Gasteiger partial charge >= 0.3 is 0 Å². The number of benzene rings is 1. The van der Waals surface area contributed by atoms with Crippen molar-refractivity contribution in [2.45, 2.75) is 19.4 Å². The van der Waals surface area contributed by atoms with E-state index in [1.165, 1.54) is 0 Å². The summed E-state index contributed by atoms with van der Waals surface area (Å²) in [5, 5.41) is 10.5. The van der Waals surface area contributed by atoms with E-state index in [2.05, 4.69) is 0 Å². The van der Waals surface area contributed by atoms with Crippen LogP contribution in [0, 0.1) is 0 Å². The molecule has 0 amide bonds. The van der Waals surface area contributed by atoms with E-state index in [9.17, 15) is 5.11 Å². The molecule has 1 aromatic rings. The third-order valence-corrected chi connectivity index (χ3v) is 2.58. The summed E-state index contributed by atoms with van der Waals surface area (Å²) in [7, 11) is 0. The van der Waals surface area contributed by atoms with Gasteiger partial charge in [0.1, 0.15) is 13.2 Å². The quantitative estimate of drug-likeness (QED) is 0.802. The summed E-state index contributed by atoms with van der Waals surface area (Å²) in [5.74, 6) is 1.20. The highest BCUT2D eigenvalue weighted by atomic mass is 35.5. The molecule has 1 aliphatic heterocycles. The van der Waals surface area contributed by atoms with Crippen molar-refractivity contribution in [2.75, 3.05) is 13.2 Å². The Kier molecular flexibility index (Phi) is 2.52. The van der Waals surface area contributed by atoms with Gasteiger partial charge in [0.15, 0.2) is 11.5 Å². The van der Waals surface area contributed by atoms with E-state index in [0.717, 1.165) is 0 Å². The first-order valence-electron chi connectivity index (χ1n) is 4.81. The van der Waals surface area contributed by atoms with Crippen LogP contribution < -0.4 is 9.47 Å². The van der Waals surface area contributed by atoms with Crippen LogP contribution in [0.5, 0.6) is 11.5 Å². The van der Waals surface area contributed by atoms with Gasteiger partial charge in [0, 0.05) is 5.56 Å². The highest BCUT2D eigenvalue weighted by molar-refractivity contribution is 6.31. The van der Waals surface area contributed by atoms with Crippen molar-refractivity contribution in [3.8, 4) is 11.5 Å². The number of hydrogen-bond acceptors (Lipinski definition) is 3. The van der Waals surface area contributed by atoms with Crippen LogP contribution in [-0.2, 0) is 5.60 Å². The first-order valence-corrected chi connectivity index (χ1v) is 5.19. The second kappa shape index (κ2) is 3.58. The topological polar surface area (TPSA) is 38.7 Å². The smallest absolute Gasteiger partial charge is 0.168 e. The van der Waals surface area contributed by atoms with Gasteiger partial charge in [-0.25, -0.2) is 0 Å². The predicted octanol–water partition coefficient (Wildman–Crippen LogP) is 2.34. The van der Waals surface area contributed by atoms with E-state index in [1.54, 1.807) is 26.0 Å². The zero-order valence-electron chi connectivity index (χ0n) is 8.71. The second-order valence-electron chi connectivity index (χ2n) is 4.01. The fourth-order valence-corrected chi connectivity index (χ4v) is 2.04. The van der Waals surface area contributed by atoms with Crippen LogP contribution in [0.3, 0.4) is 0 Å². The van der Waals surface area contributed by atoms with Gasteiger partial charge in [0.2, 0.25) is 0 Å². The Morgan fingerprint density at radius 3 is 2.60 bits per heavy atom. The molecule has 0 atom stereocenters. The number of hydrogen-bond donors (Lipinski definition) is 1. The Bertz CT molecular complexity index is 382. The molecule has 15 heavy (non-hydrogen) atoms. The molecule has 0 spiro atoms. The number of rotatable bonds is 1. The molecule has 0 bridgehead atoms. The van der Waals surface area contributed by atoms with Crippen LogP contribution in [0.4, 0.5) is 0 Å². The fourth-order valence-electron chi connectivity index (χ4n) is 1.66. The molecular weight excluding hydrogens is 216 g/mol. The van der Waals surface area contributed by atoms with Crippen molar-refractivity contribution in [1.29, 1.82) is 0 Å². The second-order valence-corrected chi connectivity index (χ2v) is 4.41. The fraction of sp³-hybridized carbons (Fsp3) is 0.455. The number of halogens is 1. The maximum absolute atomic E-state index is 10.0. The zero-order chi connectivity index (χ0) is 11.1. The Morgan fingerprint density at radius 2 is 1.93 bits per heavy atom. The molecule has 1 N–H and O–H groups in total. The van der Waals surface area contributed by atoms with Gasteiger partial charge in [-0.15, -0.1) is 0 Å². The van der Waals surface area contributed by atoms with Gasteiger partial charge < -0.3 is 14.6 Å². The van der Waals surface area contributed by atoms with Gasteiger partial charge in [-0.05, 0) is 26.0 Å². The Hall–Kier alpha value is -0.930. The lowest BCUT2D eigenvalue weighted by Crippen LogP contribution is -2.22. The van der Waals surface area contributed by atoms with Gasteiger partial charge in [0.25, 0.3) is 0 Å². The summed E-state index contributed by atoms with van der Waals surface area (Å²) in [6.07, 6.45) is 0. The summed E-state index contributed by atoms with van der Waals surface area (Å²) in [6, 6.07) is 3.47. The average Bonchev–Trinajstić information content (AvgIpc) is 2.15. The molecule has 0 unspecified atom stereocenters. The van der Waals surface area contributed by atoms with E-state index < -0.39 is 5.60 Å². The molecule has 0 aromatic heterocycles. The summed E-state index contributed by atoms with van der Waals surface area (Å²) in [5.41, 5.74) is -0.454. The zero-order valence-corrected chi connectivity index (χ0v) is 9.47. The molecule has 82 valence electrons. The van der Waals surface area contributed by atoms with Crippen molar-refractivity contribution in [2.24, 2.45) is 0 Å². The van der Waals surface area contributed by atoms with Gasteiger partial charge in [-0.1, -0.05) is 11.6 Å². The minimum absolute atomic E-state index is 0.483. The highest BCUT2D eigenvalue weighted by Gasteiger charge is 2.28. The average molecular weight is 229 g/mol. The summed E-state index contributed by atoms with van der Waals surface area (Å²) in [6.45, 7) is 4.36. The molecule has 4 heteroatoms. The third-order valence-electron chi connectivity index (χ3n) is 2.27. The van der Waals surface area contributed by atoms with Crippen LogP contribution in [-0.4, -0.2) is 18.3 Å². The molecule has 3 nitrogen and oxygen atoms in total. The number of aliphatic hydroxyl groups is 1. The summed E-state index contributed by atoms with van der Waals surface area (Å²) < 4.78 is 10.9. The largest absolute Gasteiger partial charge is 0.486 e. The Morgan fingerprint density at radius 1 is 1.27 bits per heavy atom. The Labute approximate surface area is 93.6 Å². The maximum atomic E-state index is 10.0. The predicted molar refractivity (Wildman–Crippen MR) is 57.7 cm³/mol. The SMILES string of the molecule is CC(C)(O)c1c(Cl)ccc2c1OCCO2. The van der Waals surface area contributed by atoms with Crippen molar-refractivity contribution in [1.82, 2.24) is 0 Å². The highest BCUT2D eigenvalue weighted by Crippen LogP contribution is 2.43. The molecule has 0 aliphatic carbocycles. The van der Waals surface area contributed by atoms with Crippen molar-refractivity contribution in [3.05, 3.63) is 22.7 Å². The van der Waals surface area contributed by atoms with Gasteiger partial charge in [-0.2, -0.15) is 0 Å². The van der Waals surface area contributed by atoms with E-state index in [4.69, 9.17) is 21.1 Å². The monoisotopic (exact) mass is 228 g/mol. The van der Waals surface area contributed by atoms with E-state index in [1.807, 2.05) is 0 Å². The van der Waals surface area contributed by atoms with E-state index in [-0.39, 0.29) is 0 Å². The molecule has 1 aliphatic rings. The van der Waals surface area contributed by atoms with Gasteiger partial charge in [-0.3, -0.25) is 0 Å². The summed E-state index contributed by atoms with van der Waals surface area (Å²) >= 11 is 6.05. The lowest BCUT2D eigenvalue weighted by atomic mass is 9.96. The van der Waals surface area contributed by atoms with E-state index in [0.29, 0.717) is 35.3 Å². The van der Waals surface area contributed by atoms with Crippen LogP contribution in [0.25, 0.3) is 0 Å². The van der Waals surface area contributed by atoms with Crippen LogP contribution >= 0.6 is 11.6 Å². The van der Waals surface area contributed by atoms with E-state index >= 15 is 0 Å². The van der Waals surface area contributed by atoms with Crippen molar-refractivity contribution >= 4 is 11.6 Å². The molecule has 1 aromatic carbocycles. The molecular formula is C11H13ClO3. The first kappa shape index (κ1) is 10.6. The first-order chi connectivity index (χ1) is 7.00. The molecule has 0 fully saturated rings. The minimum atomic E-state index is -1.04. The number of ether oxygens (including phenoxy) is 2. The molecule has 0 saturated carbocycles. The maximum Gasteiger partial charge on any atom is 0.168 e. The lowest BCUT2D eigenvalue weighted by molar-refractivity contribution is 0.0704.